The lowest BCUT2D eigenvalue weighted by Crippen LogP contribution is -2.05. The molecule has 0 unspecified atom stereocenters. The van der Waals surface area contributed by atoms with Crippen molar-refractivity contribution in [3.63, 3.8) is 0 Å². The third-order valence-electron chi connectivity index (χ3n) is 1.55. The number of aromatic carboxylic acids is 1. The Labute approximate surface area is 83.7 Å². The Morgan fingerprint density at radius 1 is 1.77 bits per heavy atom. The van der Waals surface area contributed by atoms with Crippen molar-refractivity contribution in [3.05, 3.63) is 16.6 Å². The molecule has 0 bridgehead atoms. The predicted molar refractivity (Wildman–Crippen MR) is 50.6 cm³/mol. The number of aromatic nitrogens is 2. The Bertz CT molecular complexity index is 311. The van der Waals surface area contributed by atoms with Crippen LogP contribution in [0.1, 0.15) is 16.9 Å². The van der Waals surface area contributed by atoms with Gasteiger partial charge in [0.1, 0.15) is 0 Å². The zero-order chi connectivity index (χ0) is 9.84. The topological polar surface area (TPSA) is 81.1 Å². The maximum Gasteiger partial charge on any atom is 0.356 e. The first kappa shape index (κ1) is 10.2. The standard InChI is InChI=1S/C7H10BrN3O2/c8-7-10-5(6(12)13)4-11(7)3-1-2-9/h4H,1-3,9H2,(H,12,13). The summed E-state index contributed by atoms with van der Waals surface area (Å²) in [6.45, 7) is 1.25. The molecule has 1 rings (SSSR count). The number of aryl methyl sites for hydroxylation is 1. The molecule has 0 atom stereocenters. The lowest BCUT2D eigenvalue weighted by molar-refractivity contribution is 0.0691. The van der Waals surface area contributed by atoms with Crippen LogP contribution in [0.5, 0.6) is 0 Å². The van der Waals surface area contributed by atoms with E-state index in [1.165, 1.54) is 6.20 Å². The van der Waals surface area contributed by atoms with Gasteiger partial charge in [-0.25, -0.2) is 9.78 Å². The van der Waals surface area contributed by atoms with Gasteiger partial charge >= 0.3 is 5.97 Å². The molecule has 0 aliphatic rings. The Kier molecular flexibility index (Phi) is 3.44. The highest BCUT2D eigenvalue weighted by Gasteiger charge is 2.10. The zero-order valence-corrected chi connectivity index (χ0v) is 8.49. The van der Waals surface area contributed by atoms with E-state index in [1.807, 2.05) is 0 Å². The molecule has 1 heterocycles. The fourth-order valence-electron chi connectivity index (χ4n) is 0.915. The normalized spacial score (nSPS) is 10.3. The minimum atomic E-state index is -1.02. The van der Waals surface area contributed by atoms with Crippen molar-refractivity contribution in [2.45, 2.75) is 13.0 Å². The fourth-order valence-corrected chi connectivity index (χ4v) is 1.39. The molecule has 5 nitrogen and oxygen atoms in total. The Morgan fingerprint density at radius 3 is 2.92 bits per heavy atom. The molecule has 0 fully saturated rings. The van der Waals surface area contributed by atoms with E-state index in [1.54, 1.807) is 4.57 Å². The smallest absolute Gasteiger partial charge is 0.356 e. The molecule has 3 N–H and O–H groups in total. The highest BCUT2D eigenvalue weighted by Crippen LogP contribution is 2.10. The van der Waals surface area contributed by atoms with Crippen LogP contribution in [-0.4, -0.2) is 27.2 Å². The number of carboxylic acids is 1. The second-order valence-electron chi connectivity index (χ2n) is 2.54. The van der Waals surface area contributed by atoms with E-state index in [4.69, 9.17) is 10.8 Å². The number of halogens is 1. The molecular weight excluding hydrogens is 238 g/mol. The Morgan fingerprint density at radius 2 is 2.46 bits per heavy atom. The molecule has 72 valence electrons. The van der Waals surface area contributed by atoms with Crippen molar-refractivity contribution < 1.29 is 9.90 Å². The maximum atomic E-state index is 10.5. The summed E-state index contributed by atoms with van der Waals surface area (Å²) in [5, 5.41) is 8.63. The number of imidazole rings is 1. The molecular formula is C7H10BrN3O2. The lowest BCUT2D eigenvalue weighted by atomic mass is 10.4. The van der Waals surface area contributed by atoms with Gasteiger partial charge in [0.15, 0.2) is 10.4 Å². The first-order valence-corrected chi connectivity index (χ1v) is 4.60. The van der Waals surface area contributed by atoms with Crippen LogP contribution in [0.2, 0.25) is 0 Å². The summed E-state index contributed by atoms with van der Waals surface area (Å²) in [5.74, 6) is -1.02. The summed E-state index contributed by atoms with van der Waals surface area (Å²) in [4.78, 5) is 14.3. The van der Waals surface area contributed by atoms with E-state index in [9.17, 15) is 4.79 Å². The fraction of sp³-hybridized carbons (Fsp3) is 0.429. The molecule has 6 heteroatoms. The second-order valence-corrected chi connectivity index (χ2v) is 3.25. The van der Waals surface area contributed by atoms with Gasteiger partial charge in [0.2, 0.25) is 0 Å². The number of rotatable bonds is 4. The van der Waals surface area contributed by atoms with Gasteiger partial charge in [-0.15, -0.1) is 0 Å². The molecule has 0 aliphatic carbocycles. The number of hydrogen-bond donors (Lipinski definition) is 2. The third-order valence-corrected chi connectivity index (χ3v) is 2.18. The van der Waals surface area contributed by atoms with Crippen molar-refractivity contribution in [1.29, 1.82) is 0 Å². The average Bonchev–Trinajstić information content (AvgIpc) is 2.44. The molecule has 0 amide bonds. The van der Waals surface area contributed by atoms with E-state index in [0.29, 0.717) is 17.8 Å². The number of carboxylic acid groups (broad SMARTS) is 1. The molecule has 1 aromatic heterocycles. The Balaban J connectivity index is 2.77. The number of carbonyl (C=O) groups is 1. The predicted octanol–water partition coefficient (Wildman–Crippen LogP) is 0.693. The summed E-state index contributed by atoms with van der Waals surface area (Å²) in [7, 11) is 0. The van der Waals surface area contributed by atoms with Gasteiger partial charge in [-0.05, 0) is 28.9 Å². The maximum absolute atomic E-state index is 10.5. The van der Waals surface area contributed by atoms with E-state index < -0.39 is 5.97 Å². The van der Waals surface area contributed by atoms with Crippen LogP contribution in [-0.2, 0) is 6.54 Å². The molecule has 13 heavy (non-hydrogen) atoms. The van der Waals surface area contributed by atoms with E-state index in [-0.39, 0.29) is 5.69 Å². The second kappa shape index (κ2) is 4.38. The first-order valence-electron chi connectivity index (χ1n) is 3.81. The van der Waals surface area contributed by atoms with Gasteiger partial charge in [0.05, 0.1) is 0 Å². The van der Waals surface area contributed by atoms with Gasteiger partial charge in [0.25, 0.3) is 0 Å². The number of nitrogens with zero attached hydrogens (tertiary/aromatic N) is 2. The van der Waals surface area contributed by atoms with Crippen LogP contribution in [0.4, 0.5) is 0 Å². The van der Waals surface area contributed by atoms with Gasteiger partial charge < -0.3 is 15.4 Å². The van der Waals surface area contributed by atoms with Crippen molar-refractivity contribution in [1.82, 2.24) is 9.55 Å². The van der Waals surface area contributed by atoms with Gasteiger partial charge in [-0.3, -0.25) is 0 Å². The molecule has 0 saturated carbocycles. The quantitative estimate of drug-likeness (QED) is 0.821. The molecule has 0 saturated heterocycles. The molecule has 0 spiro atoms. The van der Waals surface area contributed by atoms with E-state index in [2.05, 4.69) is 20.9 Å². The van der Waals surface area contributed by atoms with E-state index in [0.717, 1.165) is 6.42 Å². The molecule has 0 radical (unpaired) electrons. The van der Waals surface area contributed by atoms with Crippen LogP contribution in [0.25, 0.3) is 0 Å². The minimum Gasteiger partial charge on any atom is -0.476 e. The van der Waals surface area contributed by atoms with Gasteiger partial charge in [0, 0.05) is 12.7 Å². The van der Waals surface area contributed by atoms with Crippen LogP contribution >= 0.6 is 15.9 Å². The van der Waals surface area contributed by atoms with Crippen molar-refractivity contribution in [2.75, 3.05) is 6.54 Å². The van der Waals surface area contributed by atoms with E-state index >= 15 is 0 Å². The van der Waals surface area contributed by atoms with Crippen molar-refractivity contribution in [3.8, 4) is 0 Å². The van der Waals surface area contributed by atoms with Crippen molar-refractivity contribution in [2.24, 2.45) is 5.73 Å². The van der Waals surface area contributed by atoms with Gasteiger partial charge in [-0.1, -0.05) is 0 Å². The molecule has 1 aromatic rings. The Hall–Kier alpha value is -0.880. The van der Waals surface area contributed by atoms with Gasteiger partial charge in [-0.2, -0.15) is 0 Å². The van der Waals surface area contributed by atoms with Crippen LogP contribution in [0, 0.1) is 0 Å². The SMILES string of the molecule is NCCCn1cc(C(=O)O)nc1Br. The molecule has 0 aliphatic heterocycles. The highest BCUT2D eigenvalue weighted by atomic mass is 79.9. The summed E-state index contributed by atoms with van der Waals surface area (Å²) >= 11 is 3.16. The largest absolute Gasteiger partial charge is 0.476 e. The highest BCUT2D eigenvalue weighted by molar-refractivity contribution is 9.10. The summed E-state index contributed by atoms with van der Waals surface area (Å²) < 4.78 is 2.24. The summed E-state index contributed by atoms with van der Waals surface area (Å²) in [6, 6.07) is 0. The zero-order valence-electron chi connectivity index (χ0n) is 6.90. The van der Waals surface area contributed by atoms with Crippen LogP contribution < -0.4 is 5.73 Å². The van der Waals surface area contributed by atoms with Crippen LogP contribution in [0.15, 0.2) is 10.9 Å². The summed E-state index contributed by atoms with van der Waals surface area (Å²) in [5.41, 5.74) is 5.37. The van der Waals surface area contributed by atoms with Crippen molar-refractivity contribution >= 4 is 21.9 Å². The first-order chi connectivity index (χ1) is 6.15. The average molecular weight is 248 g/mol. The minimum absolute atomic E-state index is 0.0453. The number of nitrogens with two attached hydrogens (primary N) is 1. The monoisotopic (exact) mass is 247 g/mol. The molecule has 0 aromatic carbocycles. The summed E-state index contributed by atoms with van der Waals surface area (Å²) in [6.07, 6.45) is 2.29. The van der Waals surface area contributed by atoms with Crippen LogP contribution in [0.3, 0.4) is 0 Å². The third kappa shape index (κ3) is 2.53. The lowest BCUT2D eigenvalue weighted by Gasteiger charge is -2.00. The number of hydrogen-bond acceptors (Lipinski definition) is 3.